The molecule has 0 aromatic heterocycles. The van der Waals surface area contributed by atoms with E-state index in [0.717, 1.165) is 0 Å². The minimum Gasteiger partial charge on any atom is -0.388 e. The Morgan fingerprint density at radius 2 is 1.73 bits per heavy atom. The zero-order valence-electron chi connectivity index (χ0n) is 6.23. The maximum Gasteiger partial charge on any atom is 0.418 e. The first kappa shape index (κ1) is 12.8. The van der Waals surface area contributed by atoms with E-state index in [4.69, 9.17) is 0 Å². The van der Waals surface area contributed by atoms with E-state index in [-0.39, 0.29) is 6.29 Å². The molecule has 0 saturated heterocycles. The first-order valence-corrected chi connectivity index (χ1v) is 2.51. The Morgan fingerprint density at radius 1 is 1.45 bits per heavy atom. The second-order valence-electron chi connectivity index (χ2n) is 1.55. The number of allylic oxidation sites excluding steroid dienone is 1. The Morgan fingerprint density at radius 3 is 1.73 bits per heavy atom. The average Bonchev–Trinajstić information content (AvgIpc) is 1.86. The molecule has 0 spiro atoms. The van der Waals surface area contributed by atoms with E-state index in [1.807, 2.05) is 0 Å². The average molecular weight is 170 g/mol. The SMILES string of the molecule is C=C(C=O)C(F)(F)F.COC. The molecule has 0 N–H and O–H groups in total. The molecule has 66 valence electrons. The Labute approximate surface area is 62.7 Å². The van der Waals surface area contributed by atoms with Crippen molar-refractivity contribution < 1.29 is 22.7 Å². The van der Waals surface area contributed by atoms with Crippen molar-refractivity contribution in [2.45, 2.75) is 6.18 Å². The second-order valence-corrected chi connectivity index (χ2v) is 1.55. The molecule has 0 unspecified atom stereocenters. The van der Waals surface area contributed by atoms with Gasteiger partial charge in [0, 0.05) is 14.2 Å². The van der Waals surface area contributed by atoms with Crippen LogP contribution < -0.4 is 0 Å². The lowest BCUT2D eigenvalue weighted by molar-refractivity contribution is -0.119. The molecule has 0 aromatic carbocycles. The van der Waals surface area contributed by atoms with Crippen LogP contribution in [-0.2, 0) is 9.53 Å². The van der Waals surface area contributed by atoms with Crippen molar-refractivity contribution in [3.63, 3.8) is 0 Å². The van der Waals surface area contributed by atoms with Gasteiger partial charge in [0.2, 0.25) is 0 Å². The molecule has 0 bridgehead atoms. The Bertz CT molecular complexity index is 128. The lowest BCUT2D eigenvalue weighted by Gasteiger charge is -2.00. The van der Waals surface area contributed by atoms with E-state index < -0.39 is 11.7 Å². The van der Waals surface area contributed by atoms with Crippen molar-refractivity contribution in [1.29, 1.82) is 0 Å². The highest BCUT2D eigenvalue weighted by Gasteiger charge is 2.31. The maximum atomic E-state index is 11.1. The molecular weight excluding hydrogens is 161 g/mol. The molecule has 0 aliphatic rings. The summed E-state index contributed by atoms with van der Waals surface area (Å²) in [6.45, 7) is 2.45. The summed E-state index contributed by atoms with van der Waals surface area (Å²) in [5, 5.41) is 0. The zero-order chi connectivity index (χ0) is 9.49. The van der Waals surface area contributed by atoms with Crippen molar-refractivity contribution in [1.82, 2.24) is 0 Å². The highest BCUT2D eigenvalue weighted by atomic mass is 19.4. The highest BCUT2D eigenvalue weighted by molar-refractivity contribution is 5.73. The molecular formula is C6H9F3O2. The number of hydrogen-bond acceptors (Lipinski definition) is 2. The molecule has 0 aliphatic carbocycles. The summed E-state index contributed by atoms with van der Waals surface area (Å²) >= 11 is 0. The van der Waals surface area contributed by atoms with Crippen LogP contribution in [0.15, 0.2) is 12.2 Å². The molecule has 0 amide bonds. The molecule has 0 fully saturated rings. The van der Waals surface area contributed by atoms with Gasteiger partial charge in [0.1, 0.15) is 0 Å². The molecule has 0 heterocycles. The van der Waals surface area contributed by atoms with Crippen LogP contribution >= 0.6 is 0 Å². The van der Waals surface area contributed by atoms with Gasteiger partial charge in [0.15, 0.2) is 6.29 Å². The smallest absolute Gasteiger partial charge is 0.388 e. The van der Waals surface area contributed by atoms with Crippen LogP contribution in [0.4, 0.5) is 13.2 Å². The number of rotatable bonds is 1. The van der Waals surface area contributed by atoms with Crippen LogP contribution in [0, 0.1) is 0 Å². The highest BCUT2D eigenvalue weighted by Crippen LogP contribution is 2.21. The third-order valence-corrected chi connectivity index (χ3v) is 0.506. The number of carbonyl (C=O) groups is 1. The second kappa shape index (κ2) is 5.91. The summed E-state index contributed by atoms with van der Waals surface area (Å²) in [5.41, 5.74) is -1.35. The van der Waals surface area contributed by atoms with E-state index in [0.29, 0.717) is 0 Å². The molecule has 5 heteroatoms. The first-order valence-electron chi connectivity index (χ1n) is 2.51. The molecule has 0 rings (SSSR count). The van der Waals surface area contributed by atoms with Crippen LogP contribution in [0.1, 0.15) is 0 Å². The minimum absolute atomic E-state index is 0.319. The number of halogens is 3. The maximum absolute atomic E-state index is 11.1. The Hall–Kier alpha value is -0.840. The third kappa shape index (κ3) is 9.16. The molecule has 0 aromatic rings. The van der Waals surface area contributed by atoms with Crippen molar-refractivity contribution in [2.75, 3.05) is 14.2 Å². The van der Waals surface area contributed by atoms with E-state index in [1.165, 1.54) is 0 Å². The first-order chi connectivity index (χ1) is 4.90. The normalized spacial score (nSPS) is 9.55. The Balaban J connectivity index is 0. The summed E-state index contributed by atoms with van der Waals surface area (Å²) in [5.74, 6) is 0. The fraction of sp³-hybridized carbons (Fsp3) is 0.500. The standard InChI is InChI=1S/C4H3F3O.C2H6O/c1-3(2-8)4(5,6)7;1-3-2/h2H,1H2;1-2H3. The summed E-state index contributed by atoms with van der Waals surface area (Å²) < 4.78 is 37.6. The number of hydrogen-bond donors (Lipinski definition) is 0. The van der Waals surface area contributed by atoms with Crippen LogP contribution in [0.2, 0.25) is 0 Å². The molecule has 0 aliphatic heterocycles. The summed E-state index contributed by atoms with van der Waals surface area (Å²) in [4.78, 5) is 9.33. The third-order valence-electron chi connectivity index (χ3n) is 0.506. The number of carbonyl (C=O) groups excluding carboxylic acids is 1. The van der Waals surface area contributed by atoms with Gasteiger partial charge in [-0.3, -0.25) is 4.79 Å². The van der Waals surface area contributed by atoms with E-state index in [9.17, 15) is 18.0 Å². The van der Waals surface area contributed by atoms with Crippen molar-refractivity contribution in [3.8, 4) is 0 Å². The summed E-state index contributed by atoms with van der Waals surface area (Å²) in [6.07, 6.45) is -4.87. The molecule has 0 saturated carbocycles. The van der Waals surface area contributed by atoms with Crippen LogP contribution in [0.25, 0.3) is 0 Å². The van der Waals surface area contributed by atoms with E-state index >= 15 is 0 Å². The van der Waals surface area contributed by atoms with Crippen LogP contribution in [0.3, 0.4) is 0 Å². The number of aldehydes is 1. The van der Waals surface area contributed by atoms with Gasteiger partial charge in [-0.1, -0.05) is 6.58 Å². The lowest BCUT2D eigenvalue weighted by atomic mass is 10.3. The number of alkyl halides is 3. The Kier molecular flexibility index (Phi) is 6.88. The molecule has 11 heavy (non-hydrogen) atoms. The zero-order valence-corrected chi connectivity index (χ0v) is 6.23. The largest absolute Gasteiger partial charge is 0.418 e. The van der Waals surface area contributed by atoms with E-state index in [2.05, 4.69) is 11.3 Å². The fourth-order valence-corrected chi connectivity index (χ4v) is 0.0668. The van der Waals surface area contributed by atoms with Gasteiger partial charge in [-0.2, -0.15) is 13.2 Å². The van der Waals surface area contributed by atoms with Gasteiger partial charge >= 0.3 is 6.18 Å². The van der Waals surface area contributed by atoms with E-state index in [1.54, 1.807) is 14.2 Å². The monoisotopic (exact) mass is 170 g/mol. The summed E-state index contributed by atoms with van der Waals surface area (Å²) in [7, 11) is 3.25. The lowest BCUT2D eigenvalue weighted by Crippen LogP contribution is -2.10. The van der Waals surface area contributed by atoms with Crippen molar-refractivity contribution >= 4 is 6.29 Å². The van der Waals surface area contributed by atoms with Gasteiger partial charge in [0.05, 0.1) is 5.57 Å². The quantitative estimate of drug-likeness (QED) is 0.441. The van der Waals surface area contributed by atoms with Gasteiger partial charge in [0.25, 0.3) is 0 Å². The van der Waals surface area contributed by atoms with Gasteiger partial charge < -0.3 is 4.74 Å². The topological polar surface area (TPSA) is 26.3 Å². The predicted molar refractivity (Wildman–Crippen MR) is 34.2 cm³/mol. The van der Waals surface area contributed by atoms with Gasteiger partial charge in [-0.05, 0) is 0 Å². The number of ether oxygens (including phenoxy) is 1. The molecule has 0 radical (unpaired) electrons. The van der Waals surface area contributed by atoms with Crippen LogP contribution in [-0.4, -0.2) is 26.7 Å². The predicted octanol–water partition coefficient (Wildman–Crippen LogP) is 1.57. The van der Waals surface area contributed by atoms with Gasteiger partial charge in [-0.25, -0.2) is 0 Å². The fourth-order valence-electron chi connectivity index (χ4n) is 0.0668. The molecule has 2 nitrogen and oxygen atoms in total. The van der Waals surface area contributed by atoms with Gasteiger partial charge in [-0.15, -0.1) is 0 Å². The van der Waals surface area contributed by atoms with Crippen LogP contribution in [0.5, 0.6) is 0 Å². The molecule has 0 atom stereocenters. The number of methoxy groups -OCH3 is 1. The summed E-state index contributed by atoms with van der Waals surface area (Å²) in [6, 6.07) is 0. The van der Waals surface area contributed by atoms with Crippen molar-refractivity contribution in [3.05, 3.63) is 12.2 Å². The minimum atomic E-state index is -4.55. The van der Waals surface area contributed by atoms with Crippen molar-refractivity contribution in [2.24, 2.45) is 0 Å².